The van der Waals surface area contributed by atoms with Gasteiger partial charge in [0.2, 0.25) is 0 Å². The Morgan fingerprint density at radius 1 is 1.41 bits per heavy atom. The highest BCUT2D eigenvalue weighted by Gasteiger charge is 2.31. The van der Waals surface area contributed by atoms with Gasteiger partial charge in [-0.2, -0.15) is 0 Å². The summed E-state index contributed by atoms with van der Waals surface area (Å²) in [6.07, 6.45) is 0. The molecule has 2 nitrogen and oxygen atoms in total. The average Bonchev–Trinajstić information content (AvgIpc) is 2.25. The summed E-state index contributed by atoms with van der Waals surface area (Å²) in [6, 6.07) is 6.71. The van der Waals surface area contributed by atoms with Gasteiger partial charge < -0.3 is 10.2 Å². The smallest absolute Gasteiger partial charge is 0.0639 e. The number of hydrogen-bond donors (Lipinski definition) is 1. The third kappa shape index (κ3) is 2.75. The second-order valence-electron chi connectivity index (χ2n) is 5.70. The van der Waals surface area contributed by atoms with Crippen LogP contribution in [0.2, 0.25) is 5.02 Å². The Bertz CT molecular complexity index is 415. The van der Waals surface area contributed by atoms with E-state index in [9.17, 15) is 0 Å². The van der Waals surface area contributed by atoms with Crippen LogP contribution in [-0.2, 0) is 0 Å². The molecular formula is C14H21ClN2. The van der Waals surface area contributed by atoms with Crippen molar-refractivity contribution in [2.75, 3.05) is 18.0 Å². The zero-order chi connectivity index (χ0) is 12.6. The van der Waals surface area contributed by atoms with Crippen LogP contribution >= 0.6 is 11.6 Å². The molecule has 94 valence electrons. The molecule has 0 bridgehead atoms. The van der Waals surface area contributed by atoms with Gasteiger partial charge in [0.25, 0.3) is 0 Å². The topological polar surface area (TPSA) is 15.3 Å². The molecular weight excluding hydrogens is 232 g/mol. The second kappa shape index (κ2) is 4.51. The first-order chi connectivity index (χ1) is 7.89. The molecule has 0 spiro atoms. The Morgan fingerprint density at radius 3 is 2.82 bits per heavy atom. The summed E-state index contributed by atoms with van der Waals surface area (Å²) in [5, 5.41) is 4.40. The second-order valence-corrected chi connectivity index (χ2v) is 6.10. The van der Waals surface area contributed by atoms with Gasteiger partial charge in [0.15, 0.2) is 0 Å². The lowest BCUT2D eigenvalue weighted by atomic mass is 9.98. The van der Waals surface area contributed by atoms with Crippen molar-refractivity contribution in [3.8, 4) is 0 Å². The number of nitrogens with zero attached hydrogens (tertiary/aromatic N) is 1. The lowest BCUT2D eigenvalue weighted by Gasteiger charge is -2.45. The summed E-state index contributed by atoms with van der Waals surface area (Å²) in [4.78, 5) is 2.41. The number of anilines is 1. The van der Waals surface area contributed by atoms with Crippen molar-refractivity contribution in [1.29, 1.82) is 0 Å². The van der Waals surface area contributed by atoms with Gasteiger partial charge in [-0.15, -0.1) is 0 Å². The van der Waals surface area contributed by atoms with Crippen molar-refractivity contribution in [1.82, 2.24) is 5.32 Å². The molecule has 1 aromatic rings. The molecule has 0 radical (unpaired) electrons. The van der Waals surface area contributed by atoms with Crippen LogP contribution < -0.4 is 10.2 Å². The highest BCUT2D eigenvalue weighted by molar-refractivity contribution is 6.33. The van der Waals surface area contributed by atoms with E-state index in [1.807, 2.05) is 6.07 Å². The van der Waals surface area contributed by atoms with Crippen LogP contribution in [0.25, 0.3) is 0 Å². The molecule has 0 amide bonds. The summed E-state index contributed by atoms with van der Waals surface area (Å²) >= 11 is 6.33. The van der Waals surface area contributed by atoms with E-state index in [1.165, 1.54) is 5.56 Å². The molecule has 3 heteroatoms. The van der Waals surface area contributed by atoms with E-state index in [2.05, 4.69) is 50.0 Å². The lowest BCUT2D eigenvalue weighted by molar-refractivity contribution is 0.318. The molecule has 2 rings (SSSR count). The van der Waals surface area contributed by atoms with Crippen molar-refractivity contribution in [2.24, 2.45) is 0 Å². The van der Waals surface area contributed by atoms with Crippen LogP contribution in [0, 0.1) is 6.92 Å². The van der Waals surface area contributed by atoms with Crippen molar-refractivity contribution < 1.29 is 0 Å². The number of halogens is 1. The van der Waals surface area contributed by atoms with Gasteiger partial charge in [-0.1, -0.05) is 17.7 Å². The Kier molecular flexibility index (Phi) is 3.37. The SMILES string of the molecule is Cc1ccc(Cl)c(N2CC(C)(C)NCC2C)c1. The monoisotopic (exact) mass is 252 g/mol. The Labute approximate surface area is 109 Å². The van der Waals surface area contributed by atoms with E-state index in [0.717, 1.165) is 23.8 Å². The molecule has 1 aliphatic rings. The van der Waals surface area contributed by atoms with E-state index in [4.69, 9.17) is 11.6 Å². The van der Waals surface area contributed by atoms with Gasteiger partial charge in [-0.3, -0.25) is 0 Å². The fourth-order valence-corrected chi connectivity index (χ4v) is 2.56. The van der Waals surface area contributed by atoms with Gasteiger partial charge in [0, 0.05) is 24.7 Å². The maximum Gasteiger partial charge on any atom is 0.0639 e. The minimum Gasteiger partial charge on any atom is -0.365 e. The van der Waals surface area contributed by atoms with Crippen molar-refractivity contribution >= 4 is 17.3 Å². The molecule has 17 heavy (non-hydrogen) atoms. The fourth-order valence-electron chi connectivity index (χ4n) is 2.34. The molecule has 1 aliphatic heterocycles. The molecule has 1 heterocycles. The van der Waals surface area contributed by atoms with Crippen LogP contribution in [0.5, 0.6) is 0 Å². The zero-order valence-electron chi connectivity index (χ0n) is 11.0. The number of rotatable bonds is 1. The molecule has 0 aromatic heterocycles. The van der Waals surface area contributed by atoms with Gasteiger partial charge >= 0.3 is 0 Å². The number of nitrogens with one attached hydrogen (secondary N) is 1. The van der Waals surface area contributed by atoms with E-state index < -0.39 is 0 Å². The van der Waals surface area contributed by atoms with E-state index in [1.54, 1.807) is 0 Å². The van der Waals surface area contributed by atoms with Crippen molar-refractivity contribution in [2.45, 2.75) is 39.3 Å². The van der Waals surface area contributed by atoms with E-state index >= 15 is 0 Å². The molecule has 0 saturated carbocycles. The zero-order valence-corrected chi connectivity index (χ0v) is 11.8. The van der Waals surface area contributed by atoms with Gasteiger partial charge in [-0.25, -0.2) is 0 Å². The summed E-state index contributed by atoms with van der Waals surface area (Å²) in [5.41, 5.74) is 2.56. The van der Waals surface area contributed by atoms with Crippen LogP contribution in [-0.4, -0.2) is 24.7 Å². The molecule has 1 unspecified atom stereocenters. The Balaban J connectivity index is 2.34. The molecule has 1 aromatic carbocycles. The molecule has 0 aliphatic carbocycles. The third-order valence-corrected chi connectivity index (χ3v) is 3.70. The summed E-state index contributed by atoms with van der Waals surface area (Å²) in [6.45, 7) is 10.8. The molecule has 1 N–H and O–H groups in total. The van der Waals surface area contributed by atoms with Crippen molar-refractivity contribution in [3.05, 3.63) is 28.8 Å². The first kappa shape index (κ1) is 12.7. The number of aryl methyl sites for hydroxylation is 1. The molecule has 1 fully saturated rings. The Morgan fingerprint density at radius 2 is 2.12 bits per heavy atom. The van der Waals surface area contributed by atoms with Gasteiger partial charge in [-0.05, 0) is 45.4 Å². The average molecular weight is 253 g/mol. The van der Waals surface area contributed by atoms with Crippen LogP contribution in [0.4, 0.5) is 5.69 Å². The van der Waals surface area contributed by atoms with Gasteiger partial charge in [0.05, 0.1) is 10.7 Å². The van der Waals surface area contributed by atoms with Crippen LogP contribution in [0.15, 0.2) is 18.2 Å². The quantitative estimate of drug-likeness (QED) is 0.826. The number of piperazine rings is 1. The Hall–Kier alpha value is -0.730. The third-order valence-electron chi connectivity index (χ3n) is 3.38. The first-order valence-corrected chi connectivity index (χ1v) is 6.55. The van der Waals surface area contributed by atoms with Crippen molar-refractivity contribution in [3.63, 3.8) is 0 Å². The molecule has 1 saturated heterocycles. The minimum absolute atomic E-state index is 0.138. The van der Waals surface area contributed by atoms with E-state index in [-0.39, 0.29) is 5.54 Å². The highest BCUT2D eigenvalue weighted by atomic mass is 35.5. The normalized spacial score (nSPS) is 23.8. The summed E-state index contributed by atoms with van der Waals surface area (Å²) < 4.78 is 0. The first-order valence-electron chi connectivity index (χ1n) is 6.17. The number of benzene rings is 1. The van der Waals surface area contributed by atoms with Gasteiger partial charge in [0.1, 0.15) is 0 Å². The molecule has 1 atom stereocenters. The summed E-state index contributed by atoms with van der Waals surface area (Å²) in [5.74, 6) is 0. The lowest BCUT2D eigenvalue weighted by Crippen LogP contribution is -2.61. The predicted octanol–water partition coefficient (Wildman–Crippen LogP) is 3.23. The maximum atomic E-state index is 6.33. The predicted molar refractivity (Wildman–Crippen MR) is 75.1 cm³/mol. The van der Waals surface area contributed by atoms with Crippen LogP contribution in [0.3, 0.4) is 0 Å². The minimum atomic E-state index is 0.138. The van der Waals surface area contributed by atoms with E-state index in [0.29, 0.717) is 6.04 Å². The summed E-state index contributed by atoms with van der Waals surface area (Å²) in [7, 11) is 0. The standard InChI is InChI=1S/C14H21ClN2/c1-10-5-6-12(15)13(7-10)17-9-14(3,4)16-8-11(17)2/h5-7,11,16H,8-9H2,1-4H3. The highest BCUT2D eigenvalue weighted by Crippen LogP contribution is 2.31. The number of hydrogen-bond acceptors (Lipinski definition) is 2. The van der Waals surface area contributed by atoms with Crippen LogP contribution in [0.1, 0.15) is 26.3 Å². The fraction of sp³-hybridized carbons (Fsp3) is 0.571. The maximum absolute atomic E-state index is 6.33. The largest absolute Gasteiger partial charge is 0.365 e.